The summed E-state index contributed by atoms with van der Waals surface area (Å²) in [5.41, 5.74) is 1.63. The molecule has 2 fully saturated rings. The highest BCUT2D eigenvalue weighted by Crippen LogP contribution is 2.30. The van der Waals surface area contributed by atoms with Crippen LogP contribution in [0.4, 0.5) is 0 Å². The Morgan fingerprint density at radius 2 is 2.19 bits per heavy atom. The Morgan fingerprint density at radius 3 is 3.06 bits per heavy atom. The maximum atomic E-state index is 5.75. The van der Waals surface area contributed by atoms with Crippen LogP contribution >= 0.6 is 0 Å². The van der Waals surface area contributed by atoms with E-state index in [9.17, 15) is 0 Å². The van der Waals surface area contributed by atoms with Crippen LogP contribution in [0.1, 0.15) is 24.8 Å². The van der Waals surface area contributed by atoms with Crippen LogP contribution in [-0.2, 0) is 11.2 Å². The number of fused-ring (bicyclic) bond motifs is 2. The normalized spacial score (nSPS) is 33.6. The van der Waals surface area contributed by atoms with Gasteiger partial charge in [0, 0.05) is 11.6 Å². The molecule has 1 aromatic rings. The van der Waals surface area contributed by atoms with E-state index >= 15 is 0 Å². The molecule has 2 heterocycles. The zero-order chi connectivity index (χ0) is 10.8. The van der Waals surface area contributed by atoms with Crippen LogP contribution in [0.25, 0.3) is 0 Å². The quantitative estimate of drug-likeness (QED) is 0.819. The predicted octanol–water partition coefficient (Wildman–Crippen LogP) is 2.14. The van der Waals surface area contributed by atoms with Crippen molar-refractivity contribution in [2.45, 2.75) is 37.3 Å². The highest BCUT2D eigenvalue weighted by molar-refractivity contribution is 5.19. The van der Waals surface area contributed by atoms with E-state index in [1.807, 2.05) is 0 Å². The fourth-order valence-corrected chi connectivity index (χ4v) is 3.08. The molecule has 0 amide bonds. The summed E-state index contributed by atoms with van der Waals surface area (Å²) in [6.45, 7) is 1.77. The largest absolute Gasteiger partial charge is 0.378 e. The molecule has 3 rings (SSSR count). The molecule has 2 unspecified atom stereocenters. The van der Waals surface area contributed by atoms with Crippen molar-refractivity contribution >= 4 is 0 Å². The van der Waals surface area contributed by atoms with Crippen LogP contribution in [0.5, 0.6) is 0 Å². The van der Waals surface area contributed by atoms with Gasteiger partial charge < -0.3 is 10.1 Å². The number of ether oxygens (including phenoxy) is 1. The third kappa shape index (κ3) is 2.00. The highest BCUT2D eigenvalue weighted by Gasteiger charge is 2.39. The molecule has 0 radical (unpaired) electrons. The van der Waals surface area contributed by atoms with E-state index in [2.05, 4.69) is 35.6 Å². The molecule has 0 saturated carbocycles. The summed E-state index contributed by atoms with van der Waals surface area (Å²) in [6, 6.07) is 11.3. The zero-order valence-corrected chi connectivity index (χ0v) is 9.61. The minimum Gasteiger partial charge on any atom is -0.378 e. The van der Waals surface area contributed by atoms with E-state index in [0.29, 0.717) is 6.04 Å². The fraction of sp³-hybridized carbons (Fsp3) is 0.571. The molecule has 0 spiro atoms. The summed E-state index contributed by atoms with van der Waals surface area (Å²) in [5, 5.41) is 3.79. The molecular weight excluding hydrogens is 198 g/mol. The summed E-state index contributed by atoms with van der Waals surface area (Å²) >= 11 is 0. The highest BCUT2D eigenvalue weighted by atomic mass is 16.5. The Kier molecular flexibility index (Phi) is 2.70. The predicted molar refractivity (Wildman–Crippen MR) is 64.5 cm³/mol. The van der Waals surface area contributed by atoms with Gasteiger partial charge in [0.1, 0.15) is 0 Å². The van der Waals surface area contributed by atoms with Gasteiger partial charge in [0.25, 0.3) is 0 Å². The van der Waals surface area contributed by atoms with Crippen molar-refractivity contribution in [3.05, 3.63) is 35.9 Å². The third-order valence-corrected chi connectivity index (χ3v) is 3.80. The molecule has 16 heavy (non-hydrogen) atoms. The monoisotopic (exact) mass is 217 g/mol. The van der Waals surface area contributed by atoms with Gasteiger partial charge in [0.2, 0.25) is 0 Å². The molecule has 86 valence electrons. The SMILES string of the molecule is c1ccc(CC23CCCC(COC2)N3)cc1. The second kappa shape index (κ2) is 4.19. The molecule has 2 nitrogen and oxygen atoms in total. The molecule has 0 aromatic heterocycles. The number of rotatable bonds is 2. The number of morpholine rings is 1. The summed E-state index contributed by atoms with van der Waals surface area (Å²) in [4.78, 5) is 0. The fourth-order valence-electron chi connectivity index (χ4n) is 3.08. The standard InChI is InChI=1S/C14H19NO/c1-2-5-12(6-3-1)9-14-8-4-7-13(15-14)10-16-11-14/h1-3,5-6,13,15H,4,7-11H2. The van der Waals surface area contributed by atoms with Crippen molar-refractivity contribution in [2.24, 2.45) is 0 Å². The molecule has 2 atom stereocenters. The lowest BCUT2D eigenvalue weighted by Gasteiger charge is -2.46. The Morgan fingerprint density at radius 1 is 1.31 bits per heavy atom. The lowest BCUT2D eigenvalue weighted by atomic mass is 9.80. The van der Waals surface area contributed by atoms with Crippen molar-refractivity contribution in [3.63, 3.8) is 0 Å². The first kappa shape index (κ1) is 10.3. The van der Waals surface area contributed by atoms with Crippen LogP contribution in [0.15, 0.2) is 30.3 Å². The maximum absolute atomic E-state index is 5.75. The number of piperidine rings is 1. The molecule has 2 aliphatic rings. The van der Waals surface area contributed by atoms with Gasteiger partial charge in [-0.1, -0.05) is 30.3 Å². The second-order valence-corrected chi connectivity index (χ2v) is 5.19. The van der Waals surface area contributed by atoms with Crippen molar-refractivity contribution < 1.29 is 4.74 Å². The van der Waals surface area contributed by atoms with E-state index in [4.69, 9.17) is 4.74 Å². The van der Waals surface area contributed by atoms with Gasteiger partial charge in [-0.15, -0.1) is 0 Å². The molecule has 2 heteroatoms. The summed E-state index contributed by atoms with van der Waals surface area (Å²) < 4.78 is 5.75. The number of nitrogens with one attached hydrogen (secondary N) is 1. The van der Waals surface area contributed by atoms with E-state index in [0.717, 1.165) is 19.6 Å². The molecule has 0 aliphatic carbocycles. The first-order valence-electron chi connectivity index (χ1n) is 6.26. The lowest BCUT2D eigenvalue weighted by Crippen LogP contribution is -2.62. The average Bonchev–Trinajstić information content (AvgIpc) is 2.30. The number of hydrogen-bond donors (Lipinski definition) is 1. The summed E-state index contributed by atoms with van der Waals surface area (Å²) in [5.74, 6) is 0. The molecule has 2 saturated heterocycles. The number of benzene rings is 1. The van der Waals surface area contributed by atoms with Crippen LogP contribution in [0.3, 0.4) is 0 Å². The Balaban J connectivity index is 1.77. The third-order valence-electron chi connectivity index (χ3n) is 3.80. The molecule has 1 aromatic carbocycles. The van der Waals surface area contributed by atoms with Gasteiger partial charge in [-0.2, -0.15) is 0 Å². The van der Waals surface area contributed by atoms with E-state index in [1.54, 1.807) is 0 Å². The molecular formula is C14H19NO. The van der Waals surface area contributed by atoms with Gasteiger partial charge in [-0.25, -0.2) is 0 Å². The van der Waals surface area contributed by atoms with Crippen molar-refractivity contribution in [3.8, 4) is 0 Å². The lowest BCUT2D eigenvalue weighted by molar-refractivity contribution is -0.0263. The summed E-state index contributed by atoms with van der Waals surface area (Å²) in [6.07, 6.45) is 4.97. The van der Waals surface area contributed by atoms with Gasteiger partial charge in [0.05, 0.1) is 13.2 Å². The van der Waals surface area contributed by atoms with E-state index in [-0.39, 0.29) is 5.54 Å². The van der Waals surface area contributed by atoms with Crippen LogP contribution < -0.4 is 5.32 Å². The first-order chi connectivity index (χ1) is 7.86. The first-order valence-corrected chi connectivity index (χ1v) is 6.26. The van der Waals surface area contributed by atoms with Crippen LogP contribution in [-0.4, -0.2) is 24.8 Å². The van der Waals surface area contributed by atoms with Crippen LogP contribution in [0.2, 0.25) is 0 Å². The van der Waals surface area contributed by atoms with Crippen LogP contribution in [0, 0.1) is 0 Å². The topological polar surface area (TPSA) is 21.3 Å². The Hall–Kier alpha value is -0.860. The molecule has 2 bridgehead atoms. The summed E-state index contributed by atoms with van der Waals surface area (Å²) in [7, 11) is 0. The average molecular weight is 217 g/mol. The second-order valence-electron chi connectivity index (χ2n) is 5.19. The van der Waals surface area contributed by atoms with Gasteiger partial charge >= 0.3 is 0 Å². The molecule has 1 N–H and O–H groups in total. The van der Waals surface area contributed by atoms with Crippen molar-refractivity contribution in [2.75, 3.05) is 13.2 Å². The van der Waals surface area contributed by atoms with Gasteiger partial charge in [0.15, 0.2) is 0 Å². The minimum absolute atomic E-state index is 0.211. The van der Waals surface area contributed by atoms with E-state index in [1.165, 1.54) is 24.8 Å². The number of hydrogen-bond acceptors (Lipinski definition) is 2. The zero-order valence-electron chi connectivity index (χ0n) is 9.61. The van der Waals surface area contributed by atoms with Gasteiger partial charge in [-0.3, -0.25) is 0 Å². The minimum atomic E-state index is 0.211. The van der Waals surface area contributed by atoms with Crippen molar-refractivity contribution in [1.82, 2.24) is 5.32 Å². The van der Waals surface area contributed by atoms with E-state index < -0.39 is 0 Å². The smallest absolute Gasteiger partial charge is 0.0652 e. The maximum Gasteiger partial charge on any atom is 0.0652 e. The molecule has 2 aliphatic heterocycles. The Bertz CT molecular complexity index is 339. The van der Waals surface area contributed by atoms with Gasteiger partial charge in [-0.05, 0) is 31.2 Å². The van der Waals surface area contributed by atoms with Crippen molar-refractivity contribution in [1.29, 1.82) is 0 Å². The Labute approximate surface area is 97.0 Å².